The Balaban J connectivity index is 2.13. The van der Waals surface area contributed by atoms with E-state index in [0.29, 0.717) is 17.7 Å². The second-order valence-electron chi connectivity index (χ2n) is 5.92. The van der Waals surface area contributed by atoms with E-state index in [1.807, 2.05) is 0 Å². The van der Waals surface area contributed by atoms with Crippen molar-refractivity contribution in [2.24, 2.45) is 11.8 Å². The molecule has 0 unspecified atom stereocenters. The highest BCUT2D eigenvalue weighted by Crippen LogP contribution is 2.38. The summed E-state index contributed by atoms with van der Waals surface area (Å²) in [5.74, 6) is 2.99. The molecular formula is C15H22ClIN2O. The van der Waals surface area contributed by atoms with Crippen molar-refractivity contribution in [1.29, 1.82) is 0 Å². The number of nitrogens with zero attached hydrogens (tertiary/aromatic N) is 2. The van der Waals surface area contributed by atoms with Crippen molar-refractivity contribution >= 4 is 34.2 Å². The van der Waals surface area contributed by atoms with E-state index in [0.717, 1.165) is 26.9 Å². The Morgan fingerprint density at radius 2 is 1.90 bits per heavy atom. The fourth-order valence-electron chi connectivity index (χ4n) is 2.94. The average Bonchev–Trinajstić information content (AvgIpc) is 2.44. The molecule has 1 heterocycles. The van der Waals surface area contributed by atoms with Gasteiger partial charge in [0.2, 0.25) is 0 Å². The smallest absolute Gasteiger partial charge is 0.146 e. The third kappa shape index (κ3) is 3.83. The molecule has 0 saturated heterocycles. The Morgan fingerprint density at radius 1 is 1.25 bits per heavy atom. The van der Waals surface area contributed by atoms with Crippen LogP contribution in [0.25, 0.3) is 0 Å². The highest BCUT2D eigenvalue weighted by Gasteiger charge is 2.26. The maximum absolute atomic E-state index is 6.24. The Labute approximate surface area is 140 Å². The Morgan fingerprint density at radius 3 is 2.45 bits per heavy atom. The maximum atomic E-state index is 6.24. The van der Waals surface area contributed by atoms with Crippen LogP contribution in [0.1, 0.15) is 57.0 Å². The van der Waals surface area contributed by atoms with Gasteiger partial charge in [0.25, 0.3) is 0 Å². The van der Waals surface area contributed by atoms with Gasteiger partial charge in [0, 0.05) is 13.0 Å². The number of aromatic nitrogens is 2. The molecule has 0 atom stereocenters. The van der Waals surface area contributed by atoms with Gasteiger partial charge in [0.1, 0.15) is 11.0 Å². The predicted molar refractivity (Wildman–Crippen MR) is 90.0 cm³/mol. The van der Waals surface area contributed by atoms with Crippen LogP contribution in [-0.4, -0.2) is 17.1 Å². The fourth-order valence-corrected chi connectivity index (χ4v) is 3.53. The highest BCUT2D eigenvalue weighted by molar-refractivity contribution is 14.1. The summed E-state index contributed by atoms with van der Waals surface area (Å²) in [7, 11) is 1.68. The lowest BCUT2D eigenvalue weighted by atomic mass is 9.77. The lowest BCUT2D eigenvalue weighted by Crippen LogP contribution is -2.19. The van der Waals surface area contributed by atoms with Gasteiger partial charge in [-0.15, -0.1) is 0 Å². The van der Waals surface area contributed by atoms with Gasteiger partial charge in [-0.1, -0.05) is 25.4 Å². The van der Waals surface area contributed by atoms with Crippen LogP contribution in [0.15, 0.2) is 0 Å². The quantitative estimate of drug-likeness (QED) is 0.530. The predicted octanol–water partition coefficient (Wildman–Crippen LogP) is 4.81. The fraction of sp³-hybridized carbons (Fsp3) is 0.733. The first-order valence-electron chi connectivity index (χ1n) is 7.23. The number of hydrogen-bond acceptors (Lipinski definition) is 3. The number of ether oxygens (including phenoxy) is 1. The first-order chi connectivity index (χ1) is 9.52. The molecule has 0 aliphatic heterocycles. The molecule has 2 rings (SSSR count). The second-order valence-corrected chi connectivity index (χ2v) is 7.36. The number of rotatable bonds is 4. The molecule has 112 valence electrons. The Kier molecular flexibility index (Phi) is 6.05. The molecule has 0 radical (unpaired) electrons. The summed E-state index contributed by atoms with van der Waals surface area (Å²) in [4.78, 5) is 9.19. The molecule has 20 heavy (non-hydrogen) atoms. The van der Waals surface area contributed by atoms with Gasteiger partial charge in [-0.25, -0.2) is 9.97 Å². The molecule has 0 aromatic carbocycles. The summed E-state index contributed by atoms with van der Waals surface area (Å²) in [6.07, 6.45) is 4.89. The van der Waals surface area contributed by atoms with Crippen molar-refractivity contribution in [1.82, 2.24) is 9.97 Å². The van der Waals surface area contributed by atoms with Gasteiger partial charge in [-0.2, -0.15) is 0 Å². The molecule has 1 fully saturated rings. The molecule has 1 aliphatic rings. The second kappa shape index (κ2) is 7.36. The van der Waals surface area contributed by atoms with E-state index in [9.17, 15) is 0 Å². The molecule has 1 saturated carbocycles. The van der Waals surface area contributed by atoms with Crippen LogP contribution in [0.5, 0.6) is 0 Å². The number of methoxy groups -OCH3 is 1. The molecule has 1 aliphatic carbocycles. The summed E-state index contributed by atoms with van der Waals surface area (Å²) in [6, 6.07) is 0. The molecule has 5 heteroatoms. The SMILES string of the molecule is COCc1nc(C2CCC(C(C)C)CC2)nc(Cl)c1I. The van der Waals surface area contributed by atoms with Crippen molar-refractivity contribution in [3.8, 4) is 0 Å². The van der Waals surface area contributed by atoms with Crippen molar-refractivity contribution in [3.05, 3.63) is 20.2 Å². The standard InChI is InChI=1S/C15H22ClIN2O/c1-9(2)10-4-6-11(7-5-10)15-18-12(8-20-3)13(17)14(16)19-15/h9-11H,4-8H2,1-3H3. The third-order valence-corrected chi connectivity index (χ3v) is 5.98. The zero-order valence-corrected chi connectivity index (χ0v) is 15.2. The maximum Gasteiger partial charge on any atom is 0.146 e. The van der Waals surface area contributed by atoms with Crippen LogP contribution < -0.4 is 0 Å². The summed E-state index contributed by atoms with van der Waals surface area (Å²) in [5.41, 5.74) is 0.911. The summed E-state index contributed by atoms with van der Waals surface area (Å²) >= 11 is 8.43. The van der Waals surface area contributed by atoms with Crippen LogP contribution in [0.3, 0.4) is 0 Å². The Hall–Kier alpha value is 0.0600. The van der Waals surface area contributed by atoms with Crippen molar-refractivity contribution < 1.29 is 4.74 Å². The molecule has 0 bridgehead atoms. The first-order valence-corrected chi connectivity index (χ1v) is 8.69. The van der Waals surface area contributed by atoms with Crippen LogP contribution in [0.2, 0.25) is 5.15 Å². The molecule has 1 aromatic heterocycles. The minimum absolute atomic E-state index is 0.454. The van der Waals surface area contributed by atoms with Crippen LogP contribution in [0.4, 0.5) is 0 Å². The summed E-state index contributed by atoms with van der Waals surface area (Å²) in [5, 5.41) is 0.564. The minimum atomic E-state index is 0.454. The first kappa shape index (κ1) is 16.4. The van der Waals surface area contributed by atoms with Crippen LogP contribution >= 0.6 is 34.2 Å². The van der Waals surface area contributed by atoms with E-state index >= 15 is 0 Å². The topological polar surface area (TPSA) is 35.0 Å². The molecule has 0 N–H and O–H groups in total. The van der Waals surface area contributed by atoms with E-state index in [-0.39, 0.29) is 0 Å². The molecule has 0 amide bonds. The van der Waals surface area contributed by atoms with Gasteiger partial charge >= 0.3 is 0 Å². The highest BCUT2D eigenvalue weighted by atomic mass is 127. The normalized spacial score (nSPS) is 23.3. The van der Waals surface area contributed by atoms with Crippen molar-refractivity contribution in [3.63, 3.8) is 0 Å². The molecule has 1 aromatic rings. The average molecular weight is 409 g/mol. The molecule has 0 spiro atoms. The van der Waals surface area contributed by atoms with Gasteiger partial charge in [-0.05, 0) is 60.1 Å². The van der Waals surface area contributed by atoms with Crippen LogP contribution in [-0.2, 0) is 11.3 Å². The lowest BCUT2D eigenvalue weighted by Gasteiger charge is -2.30. The minimum Gasteiger partial charge on any atom is -0.378 e. The molecular weight excluding hydrogens is 387 g/mol. The van der Waals surface area contributed by atoms with Crippen LogP contribution in [0, 0.1) is 15.4 Å². The largest absolute Gasteiger partial charge is 0.378 e. The van der Waals surface area contributed by atoms with Crippen molar-refractivity contribution in [2.75, 3.05) is 7.11 Å². The van der Waals surface area contributed by atoms with Crippen molar-refractivity contribution in [2.45, 2.75) is 52.1 Å². The third-order valence-electron chi connectivity index (χ3n) is 4.26. The van der Waals surface area contributed by atoms with E-state index in [1.165, 1.54) is 25.7 Å². The van der Waals surface area contributed by atoms with Gasteiger partial charge in [0.05, 0.1) is 15.9 Å². The Bertz CT molecular complexity index is 459. The summed E-state index contributed by atoms with van der Waals surface area (Å²) in [6.45, 7) is 5.13. The molecule has 3 nitrogen and oxygen atoms in total. The van der Waals surface area contributed by atoms with Gasteiger partial charge < -0.3 is 4.74 Å². The lowest BCUT2D eigenvalue weighted by molar-refractivity contribution is 0.180. The zero-order chi connectivity index (χ0) is 14.7. The zero-order valence-electron chi connectivity index (χ0n) is 12.3. The van der Waals surface area contributed by atoms with E-state index in [4.69, 9.17) is 16.3 Å². The van der Waals surface area contributed by atoms with Gasteiger partial charge in [0.15, 0.2) is 0 Å². The summed E-state index contributed by atoms with van der Waals surface area (Å²) < 4.78 is 6.11. The van der Waals surface area contributed by atoms with E-state index in [2.05, 4.69) is 46.4 Å². The number of halogens is 2. The van der Waals surface area contributed by atoms with E-state index < -0.39 is 0 Å². The monoisotopic (exact) mass is 408 g/mol. The van der Waals surface area contributed by atoms with E-state index in [1.54, 1.807) is 7.11 Å². The van der Waals surface area contributed by atoms with Gasteiger partial charge in [-0.3, -0.25) is 0 Å². The number of hydrogen-bond donors (Lipinski definition) is 0.